The average Bonchev–Trinajstić information content (AvgIpc) is 3.09. The summed E-state index contributed by atoms with van der Waals surface area (Å²) in [5.74, 6) is 0.270. The van der Waals surface area contributed by atoms with Crippen LogP contribution in [0.15, 0.2) is 30.5 Å². The fourth-order valence-corrected chi connectivity index (χ4v) is 2.85. The maximum atomic E-state index is 9.77. The minimum absolute atomic E-state index is 0.255. The number of H-pyrrole nitrogens is 1. The van der Waals surface area contributed by atoms with E-state index < -0.39 is 0 Å². The molecule has 0 spiro atoms. The predicted molar refractivity (Wildman–Crippen MR) is 83.1 cm³/mol. The van der Waals surface area contributed by atoms with Gasteiger partial charge in [-0.05, 0) is 12.1 Å². The van der Waals surface area contributed by atoms with Gasteiger partial charge in [0, 0.05) is 48.2 Å². The van der Waals surface area contributed by atoms with Crippen molar-refractivity contribution in [3.63, 3.8) is 0 Å². The van der Waals surface area contributed by atoms with Crippen LogP contribution in [0.4, 0.5) is 0 Å². The second-order valence-corrected chi connectivity index (χ2v) is 5.83. The van der Waals surface area contributed by atoms with Gasteiger partial charge in [0.05, 0.1) is 18.0 Å². The Labute approximate surface area is 128 Å². The second kappa shape index (κ2) is 6.58. The van der Waals surface area contributed by atoms with Gasteiger partial charge < -0.3 is 15.7 Å². The van der Waals surface area contributed by atoms with Gasteiger partial charge in [-0.1, -0.05) is 23.7 Å². The van der Waals surface area contributed by atoms with E-state index in [-0.39, 0.29) is 12.0 Å². The number of benzene rings is 1. The van der Waals surface area contributed by atoms with Crippen molar-refractivity contribution in [3.8, 4) is 11.3 Å². The summed E-state index contributed by atoms with van der Waals surface area (Å²) in [4.78, 5) is 0. The molecule has 1 aliphatic heterocycles. The van der Waals surface area contributed by atoms with Crippen LogP contribution in [0.3, 0.4) is 0 Å². The zero-order valence-electron chi connectivity index (χ0n) is 11.6. The lowest BCUT2D eigenvalue weighted by molar-refractivity contribution is 0.146. The lowest BCUT2D eigenvalue weighted by Crippen LogP contribution is -2.30. The van der Waals surface area contributed by atoms with Crippen LogP contribution in [0.1, 0.15) is 5.56 Å². The van der Waals surface area contributed by atoms with Gasteiger partial charge in [-0.2, -0.15) is 5.10 Å². The molecule has 2 heterocycles. The molecule has 4 N–H and O–H groups in total. The van der Waals surface area contributed by atoms with Gasteiger partial charge in [-0.3, -0.25) is 5.10 Å². The minimum atomic E-state index is -0.255. The van der Waals surface area contributed by atoms with Gasteiger partial charge in [-0.15, -0.1) is 0 Å². The molecule has 1 aromatic heterocycles. The molecule has 1 aromatic carbocycles. The van der Waals surface area contributed by atoms with E-state index in [2.05, 4.69) is 20.8 Å². The van der Waals surface area contributed by atoms with Crippen LogP contribution in [-0.4, -0.2) is 41.0 Å². The van der Waals surface area contributed by atoms with Crippen LogP contribution in [0, 0.1) is 5.92 Å². The van der Waals surface area contributed by atoms with E-state index in [1.807, 2.05) is 30.5 Å². The third-order valence-corrected chi connectivity index (χ3v) is 4.09. The van der Waals surface area contributed by atoms with Crippen LogP contribution in [0.2, 0.25) is 5.02 Å². The van der Waals surface area contributed by atoms with Crippen molar-refractivity contribution in [2.75, 3.05) is 19.6 Å². The first-order valence-electron chi connectivity index (χ1n) is 7.11. The van der Waals surface area contributed by atoms with E-state index in [4.69, 9.17) is 11.6 Å². The Morgan fingerprint density at radius 3 is 3.05 bits per heavy atom. The molecule has 1 saturated heterocycles. The van der Waals surface area contributed by atoms with Crippen LogP contribution < -0.4 is 10.6 Å². The van der Waals surface area contributed by atoms with Crippen LogP contribution in [0.25, 0.3) is 11.3 Å². The molecular formula is C15H19ClN4O. The van der Waals surface area contributed by atoms with E-state index in [1.54, 1.807) is 0 Å². The number of halogens is 1. The number of aliphatic hydroxyl groups is 1. The molecule has 0 saturated carbocycles. The Morgan fingerprint density at radius 2 is 2.29 bits per heavy atom. The van der Waals surface area contributed by atoms with Gasteiger partial charge in [0.25, 0.3) is 0 Å². The lowest BCUT2D eigenvalue weighted by atomic mass is 10.1. The van der Waals surface area contributed by atoms with E-state index in [0.717, 1.165) is 29.9 Å². The molecule has 0 amide bonds. The monoisotopic (exact) mass is 306 g/mol. The number of hydrogen-bond acceptors (Lipinski definition) is 4. The molecule has 5 nitrogen and oxygen atoms in total. The number of aromatic amines is 1. The number of β-amino-alcohol motifs (C(OH)–C–C–N with tert-alkyl or cyclic N) is 1. The topological polar surface area (TPSA) is 73.0 Å². The molecular weight excluding hydrogens is 288 g/mol. The van der Waals surface area contributed by atoms with Gasteiger partial charge >= 0.3 is 0 Å². The van der Waals surface area contributed by atoms with Gasteiger partial charge in [0.15, 0.2) is 0 Å². The number of hydrogen-bond donors (Lipinski definition) is 4. The van der Waals surface area contributed by atoms with E-state index in [0.29, 0.717) is 18.1 Å². The molecule has 21 heavy (non-hydrogen) atoms. The maximum absolute atomic E-state index is 9.77. The third kappa shape index (κ3) is 3.44. The van der Waals surface area contributed by atoms with Crippen molar-refractivity contribution in [2.24, 2.45) is 5.92 Å². The normalized spacial score (nSPS) is 21.8. The van der Waals surface area contributed by atoms with Crippen molar-refractivity contribution in [1.82, 2.24) is 20.8 Å². The lowest BCUT2D eigenvalue weighted by Gasteiger charge is -2.14. The van der Waals surface area contributed by atoms with E-state index in [1.165, 1.54) is 0 Å². The number of rotatable bonds is 5. The number of aliphatic hydroxyl groups excluding tert-OH is 1. The number of nitrogens with zero attached hydrogens (tertiary/aromatic N) is 1. The molecule has 3 rings (SSSR count). The average molecular weight is 307 g/mol. The minimum Gasteiger partial charge on any atom is -0.391 e. The SMILES string of the molecule is OC1CNCC1CNCc1cn[nH]c1-c1cccc(Cl)c1. The first kappa shape index (κ1) is 14.5. The first-order chi connectivity index (χ1) is 10.2. The van der Waals surface area contributed by atoms with E-state index in [9.17, 15) is 5.11 Å². The molecule has 2 aromatic rings. The Morgan fingerprint density at radius 1 is 1.38 bits per heavy atom. The van der Waals surface area contributed by atoms with E-state index >= 15 is 0 Å². The molecule has 1 fully saturated rings. The molecule has 0 aliphatic carbocycles. The molecule has 0 radical (unpaired) electrons. The zero-order valence-corrected chi connectivity index (χ0v) is 12.4. The summed E-state index contributed by atoms with van der Waals surface area (Å²) >= 11 is 6.04. The fourth-order valence-electron chi connectivity index (χ4n) is 2.66. The van der Waals surface area contributed by atoms with Crippen molar-refractivity contribution < 1.29 is 5.11 Å². The summed E-state index contributed by atoms with van der Waals surface area (Å²) in [6.45, 7) is 3.04. The smallest absolute Gasteiger partial charge is 0.0716 e. The van der Waals surface area contributed by atoms with Crippen molar-refractivity contribution in [2.45, 2.75) is 12.6 Å². The predicted octanol–water partition coefficient (Wildman–Crippen LogP) is 1.40. The number of nitrogens with one attached hydrogen (secondary N) is 3. The molecule has 0 bridgehead atoms. The van der Waals surface area contributed by atoms with Crippen molar-refractivity contribution in [1.29, 1.82) is 0 Å². The van der Waals surface area contributed by atoms with Crippen LogP contribution >= 0.6 is 11.6 Å². The molecule has 112 valence electrons. The highest BCUT2D eigenvalue weighted by molar-refractivity contribution is 6.30. The summed E-state index contributed by atoms with van der Waals surface area (Å²) in [7, 11) is 0. The standard InChI is InChI=1S/C15H19ClN4O/c16-13-3-1-2-10(4-13)15-12(8-19-20-15)7-17-5-11-6-18-9-14(11)21/h1-4,8,11,14,17-18,21H,5-7,9H2,(H,19,20). The Hall–Kier alpha value is -1.40. The Kier molecular flexibility index (Phi) is 4.55. The molecule has 2 unspecified atom stereocenters. The first-order valence-corrected chi connectivity index (χ1v) is 7.49. The third-order valence-electron chi connectivity index (χ3n) is 3.86. The summed E-state index contributed by atoms with van der Waals surface area (Å²) in [6.07, 6.45) is 1.57. The van der Waals surface area contributed by atoms with Crippen molar-refractivity contribution >= 4 is 11.6 Å². The molecule has 1 aliphatic rings. The summed E-state index contributed by atoms with van der Waals surface area (Å²) in [5, 5.41) is 24.2. The summed E-state index contributed by atoms with van der Waals surface area (Å²) < 4.78 is 0. The highest BCUT2D eigenvalue weighted by Crippen LogP contribution is 2.23. The number of aromatic nitrogens is 2. The zero-order chi connectivity index (χ0) is 14.7. The van der Waals surface area contributed by atoms with Crippen molar-refractivity contribution in [3.05, 3.63) is 41.0 Å². The molecule has 2 atom stereocenters. The highest BCUT2D eigenvalue weighted by atomic mass is 35.5. The van der Waals surface area contributed by atoms with Gasteiger partial charge in [-0.25, -0.2) is 0 Å². The fraction of sp³-hybridized carbons (Fsp3) is 0.400. The Balaban J connectivity index is 1.63. The van der Waals surface area contributed by atoms with Crippen LogP contribution in [0.5, 0.6) is 0 Å². The van der Waals surface area contributed by atoms with Crippen LogP contribution in [-0.2, 0) is 6.54 Å². The highest BCUT2D eigenvalue weighted by Gasteiger charge is 2.24. The molecule has 6 heteroatoms. The Bertz CT molecular complexity index is 601. The maximum Gasteiger partial charge on any atom is 0.0716 e. The van der Waals surface area contributed by atoms with Gasteiger partial charge in [0.1, 0.15) is 0 Å². The second-order valence-electron chi connectivity index (χ2n) is 5.40. The quantitative estimate of drug-likeness (QED) is 0.674. The largest absolute Gasteiger partial charge is 0.391 e. The summed E-state index contributed by atoms with van der Waals surface area (Å²) in [5.41, 5.74) is 3.10. The van der Waals surface area contributed by atoms with Gasteiger partial charge in [0.2, 0.25) is 0 Å². The summed E-state index contributed by atoms with van der Waals surface area (Å²) in [6, 6.07) is 7.71.